The van der Waals surface area contributed by atoms with Gasteiger partial charge in [-0.05, 0) is 18.2 Å². The Kier molecular flexibility index (Phi) is 5.82. The van der Waals surface area contributed by atoms with Crippen LogP contribution in [0.25, 0.3) is 0 Å². The average molecular weight is 345 g/mol. The largest absolute Gasteiger partial charge is 0.492 e. The molecule has 132 valence electrons. The summed E-state index contributed by atoms with van der Waals surface area (Å²) in [7, 11) is 1.23. The van der Waals surface area contributed by atoms with Crippen LogP contribution in [0.4, 0.5) is 13.2 Å². The molecule has 0 bridgehead atoms. The third-order valence-corrected chi connectivity index (χ3v) is 3.83. The van der Waals surface area contributed by atoms with Gasteiger partial charge in [-0.15, -0.1) is 0 Å². The normalized spacial score (nSPS) is 19.2. The maximum absolute atomic E-state index is 12.6. The minimum Gasteiger partial charge on any atom is -0.492 e. The van der Waals surface area contributed by atoms with Gasteiger partial charge in [0, 0.05) is 26.1 Å². The highest BCUT2D eigenvalue weighted by molar-refractivity contribution is 5.99. The number of benzene rings is 1. The van der Waals surface area contributed by atoms with Gasteiger partial charge in [0.2, 0.25) is 0 Å². The summed E-state index contributed by atoms with van der Waals surface area (Å²) in [6.45, 7) is 1.27. The number of ketones is 1. The molecule has 0 aliphatic carbocycles. The number of ether oxygens (including phenoxy) is 2. The summed E-state index contributed by atoms with van der Waals surface area (Å²) in [6, 6.07) is 4.65. The van der Waals surface area contributed by atoms with Gasteiger partial charge in [0.15, 0.2) is 0 Å². The molecule has 1 aromatic carbocycles. The van der Waals surface area contributed by atoms with Gasteiger partial charge in [0.05, 0.1) is 12.7 Å². The number of likely N-dealkylation sites (tertiary alicyclic amines) is 1. The van der Waals surface area contributed by atoms with E-state index in [0.717, 1.165) is 12.1 Å². The van der Waals surface area contributed by atoms with E-state index >= 15 is 0 Å². The Morgan fingerprint density at radius 3 is 2.79 bits per heavy atom. The highest BCUT2D eigenvalue weighted by Gasteiger charge is 2.33. The zero-order valence-electron chi connectivity index (χ0n) is 13.1. The number of carbonyl (C=O) groups excluding carboxylic acids is 2. The highest BCUT2D eigenvalue weighted by Crippen LogP contribution is 2.31. The van der Waals surface area contributed by atoms with Crippen molar-refractivity contribution in [3.05, 3.63) is 29.8 Å². The molecular formula is C16H18F3NO4. The first-order valence-corrected chi connectivity index (χ1v) is 7.44. The molecule has 1 aliphatic rings. The lowest BCUT2D eigenvalue weighted by molar-refractivity contribution is -0.152. The van der Waals surface area contributed by atoms with Crippen LogP contribution in [0.3, 0.4) is 0 Å². The fourth-order valence-electron chi connectivity index (χ4n) is 2.50. The zero-order chi connectivity index (χ0) is 17.7. The van der Waals surface area contributed by atoms with Crippen LogP contribution >= 0.6 is 0 Å². The molecule has 8 heteroatoms. The maximum atomic E-state index is 12.6. The maximum Gasteiger partial charge on any atom is 0.416 e. The van der Waals surface area contributed by atoms with Crippen LogP contribution in [0.2, 0.25) is 0 Å². The number of esters is 1. The Labute approximate surface area is 137 Å². The molecule has 1 heterocycles. The summed E-state index contributed by atoms with van der Waals surface area (Å²) < 4.78 is 47.8. The Morgan fingerprint density at radius 1 is 1.38 bits per heavy atom. The van der Waals surface area contributed by atoms with Crippen LogP contribution in [0.1, 0.15) is 12.0 Å². The first-order chi connectivity index (χ1) is 11.3. The van der Waals surface area contributed by atoms with Crippen LogP contribution in [0, 0.1) is 5.92 Å². The van der Waals surface area contributed by atoms with Gasteiger partial charge in [-0.3, -0.25) is 14.5 Å². The Balaban J connectivity index is 1.86. The first kappa shape index (κ1) is 18.3. The van der Waals surface area contributed by atoms with Crippen LogP contribution < -0.4 is 4.74 Å². The van der Waals surface area contributed by atoms with Crippen molar-refractivity contribution >= 4 is 11.8 Å². The number of alkyl halides is 3. The summed E-state index contributed by atoms with van der Waals surface area (Å²) in [6.07, 6.45) is -4.18. The molecule has 0 radical (unpaired) electrons. The molecule has 2 rings (SSSR count). The molecule has 0 saturated carbocycles. The van der Waals surface area contributed by atoms with Gasteiger partial charge < -0.3 is 9.47 Å². The minimum atomic E-state index is -4.42. The molecule has 0 spiro atoms. The first-order valence-electron chi connectivity index (χ1n) is 7.44. The number of nitrogens with zero attached hydrogens (tertiary/aromatic N) is 1. The predicted molar refractivity (Wildman–Crippen MR) is 78.5 cm³/mol. The number of carbonyl (C=O) groups is 2. The smallest absolute Gasteiger partial charge is 0.416 e. The van der Waals surface area contributed by atoms with Gasteiger partial charge in [-0.25, -0.2) is 0 Å². The second-order valence-electron chi connectivity index (χ2n) is 5.47. The van der Waals surface area contributed by atoms with E-state index in [-0.39, 0.29) is 31.1 Å². The van der Waals surface area contributed by atoms with Crippen molar-refractivity contribution in [2.24, 2.45) is 5.92 Å². The van der Waals surface area contributed by atoms with Crippen LogP contribution in [0.5, 0.6) is 5.75 Å². The topological polar surface area (TPSA) is 55.8 Å². The second kappa shape index (κ2) is 7.65. The van der Waals surface area contributed by atoms with Gasteiger partial charge in [-0.1, -0.05) is 6.07 Å². The van der Waals surface area contributed by atoms with E-state index < -0.39 is 23.6 Å². The van der Waals surface area contributed by atoms with Gasteiger partial charge in [0.25, 0.3) is 0 Å². The second-order valence-corrected chi connectivity index (χ2v) is 5.47. The van der Waals surface area contributed by atoms with Crippen LogP contribution in [-0.4, -0.2) is 50.0 Å². The summed E-state index contributed by atoms with van der Waals surface area (Å²) in [4.78, 5) is 25.1. The van der Waals surface area contributed by atoms with E-state index in [4.69, 9.17) is 4.74 Å². The molecule has 1 unspecified atom stereocenters. The van der Waals surface area contributed by atoms with E-state index in [9.17, 15) is 22.8 Å². The average Bonchev–Trinajstić information content (AvgIpc) is 2.55. The van der Waals surface area contributed by atoms with E-state index in [2.05, 4.69) is 4.74 Å². The molecule has 24 heavy (non-hydrogen) atoms. The predicted octanol–water partition coefficient (Wildman–Crippen LogP) is 2.15. The van der Waals surface area contributed by atoms with Crippen LogP contribution in [-0.2, 0) is 20.5 Å². The summed E-state index contributed by atoms with van der Waals surface area (Å²) in [5.74, 6) is -1.40. The number of halogens is 3. The molecule has 1 saturated heterocycles. The quantitative estimate of drug-likeness (QED) is 0.605. The number of rotatable bonds is 5. The van der Waals surface area contributed by atoms with E-state index in [0.29, 0.717) is 13.1 Å². The van der Waals surface area contributed by atoms with E-state index in [1.54, 1.807) is 0 Å². The van der Waals surface area contributed by atoms with Crippen molar-refractivity contribution in [1.29, 1.82) is 0 Å². The zero-order valence-corrected chi connectivity index (χ0v) is 13.1. The number of Topliss-reactive ketones (excluding diaryl/α,β-unsaturated/α-hetero) is 1. The van der Waals surface area contributed by atoms with Crippen molar-refractivity contribution in [2.75, 3.05) is 33.4 Å². The summed E-state index contributed by atoms with van der Waals surface area (Å²) in [5, 5.41) is 0. The lowest BCUT2D eigenvalue weighted by Gasteiger charge is -2.30. The lowest BCUT2D eigenvalue weighted by atomic mass is 9.97. The molecule has 0 N–H and O–H groups in total. The third kappa shape index (κ3) is 4.70. The molecule has 1 fully saturated rings. The van der Waals surface area contributed by atoms with Crippen molar-refractivity contribution in [1.82, 2.24) is 4.90 Å². The van der Waals surface area contributed by atoms with Gasteiger partial charge >= 0.3 is 12.1 Å². The number of hydrogen-bond donors (Lipinski definition) is 0. The fraction of sp³-hybridized carbons (Fsp3) is 0.500. The van der Waals surface area contributed by atoms with E-state index in [1.165, 1.54) is 19.2 Å². The highest BCUT2D eigenvalue weighted by atomic mass is 19.4. The summed E-state index contributed by atoms with van der Waals surface area (Å²) >= 11 is 0. The SMILES string of the molecule is COC(=O)C1CN(CCOc2cccc(C(F)(F)F)c2)CCC1=O. The standard InChI is InChI=1S/C16H18F3NO4/c1-23-15(22)13-10-20(6-5-14(13)21)7-8-24-12-4-2-3-11(9-12)16(17,18)19/h2-4,9,13H,5-8,10H2,1H3. The van der Waals surface area contributed by atoms with Crippen molar-refractivity contribution in [3.63, 3.8) is 0 Å². The minimum absolute atomic E-state index is 0.127. The van der Waals surface area contributed by atoms with Crippen molar-refractivity contribution in [2.45, 2.75) is 12.6 Å². The molecule has 1 aromatic rings. The van der Waals surface area contributed by atoms with Crippen LogP contribution in [0.15, 0.2) is 24.3 Å². The monoisotopic (exact) mass is 345 g/mol. The molecule has 1 atom stereocenters. The number of hydrogen-bond acceptors (Lipinski definition) is 5. The van der Waals surface area contributed by atoms with Gasteiger partial charge in [0.1, 0.15) is 24.1 Å². The van der Waals surface area contributed by atoms with E-state index in [1.807, 2.05) is 4.90 Å². The molecule has 5 nitrogen and oxygen atoms in total. The number of piperidine rings is 1. The Hall–Kier alpha value is -2.09. The molecule has 1 aliphatic heterocycles. The van der Waals surface area contributed by atoms with Crippen molar-refractivity contribution < 1.29 is 32.2 Å². The lowest BCUT2D eigenvalue weighted by Crippen LogP contribution is -2.45. The van der Waals surface area contributed by atoms with Crippen molar-refractivity contribution in [3.8, 4) is 5.75 Å². The van der Waals surface area contributed by atoms with Gasteiger partial charge in [-0.2, -0.15) is 13.2 Å². The number of methoxy groups -OCH3 is 1. The third-order valence-electron chi connectivity index (χ3n) is 3.83. The Morgan fingerprint density at radius 2 is 2.12 bits per heavy atom. The molecule has 0 aromatic heterocycles. The molecular weight excluding hydrogens is 327 g/mol. The Bertz CT molecular complexity index is 595. The fourth-order valence-corrected chi connectivity index (χ4v) is 2.50. The summed E-state index contributed by atoms with van der Waals surface area (Å²) in [5.41, 5.74) is -0.769. The molecule has 0 amide bonds.